The molecule has 0 N–H and O–H groups in total. The molecule has 2 aromatic carbocycles. The minimum atomic E-state index is -0.292. The minimum Gasteiger partial charge on any atom is -0.486 e. The van der Waals surface area contributed by atoms with E-state index in [1.54, 1.807) is 11.0 Å². The summed E-state index contributed by atoms with van der Waals surface area (Å²) >= 11 is 0. The summed E-state index contributed by atoms with van der Waals surface area (Å²) in [6, 6.07) is 14.8. The third kappa shape index (κ3) is 4.08. The average molecular weight is 393 g/mol. The van der Waals surface area contributed by atoms with Gasteiger partial charge in [-0.25, -0.2) is 4.98 Å². The zero-order chi connectivity index (χ0) is 20.2. The molecule has 0 spiro atoms. The highest BCUT2D eigenvalue weighted by atomic mass is 16.6. The van der Waals surface area contributed by atoms with Crippen LogP contribution in [0, 0.1) is 0 Å². The first-order valence-electron chi connectivity index (χ1n) is 9.76. The van der Waals surface area contributed by atoms with Gasteiger partial charge >= 0.3 is 0 Å². The van der Waals surface area contributed by atoms with Crippen LogP contribution in [0.5, 0.6) is 11.5 Å². The van der Waals surface area contributed by atoms with E-state index in [2.05, 4.69) is 4.98 Å². The van der Waals surface area contributed by atoms with Crippen LogP contribution in [0.1, 0.15) is 13.3 Å². The number of para-hydroxylation sites is 4. The number of amides is 1. The highest BCUT2D eigenvalue weighted by molar-refractivity contribution is 5.80. The molecule has 1 aromatic heterocycles. The SMILES string of the molecule is CCCN(CC1COc2ccccc2O1)C(=O)Cn1c(=O)cnc2ccccc21. The maximum Gasteiger partial charge on any atom is 0.269 e. The fourth-order valence-corrected chi connectivity index (χ4v) is 3.50. The molecule has 7 nitrogen and oxygen atoms in total. The molecule has 1 amide bonds. The average Bonchev–Trinajstić information content (AvgIpc) is 2.75. The first-order chi connectivity index (χ1) is 14.2. The van der Waals surface area contributed by atoms with E-state index in [0.717, 1.165) is 6.42 Å². The number of nitrogens with zero attached hydrogens (tertiary/aromatic N) is 3. The number of hydrogen-bond acceptors (Lipinski definition) is 5. The topological polar surface area (TPSA) is 73.7 Å². The van der Waals surface area contributed by atoms with E-state index in [1.807, 2.05) is 49.4 Å². The van der Waals surface area contributed by atoms with Gasteiger partial charge in [0.2, 0.25) is 5.91 Å². The highest BCUT2D eigenvalue weighted by Crippen LogP contribution is 2.31. The van der Waals surface area contributed by atoms with Gasteiger partial charge in [0.05, 0.1) is 23.8 Å². The van der Waals surface area contributed by atoms with Gasteiger partial charge in [0, 0.05) is 6.54 Å². The van der Waals surface area contributed by atoms with Crippen LogP contribution >= 0.6 is 0 Å². The third-order valence-corrected chi connectivity index (χ3v) is 4.88. The Morgan fingerprint density at radius 3 is 2.76 bits per heavy atom. The molecule has 0 radical (unpaired) electrons. The van der Waals surface area contributed by atoms with Crippen LogP contribution in [0.15, 0.2) is 59.5 Å². The van der Waals surface area contributed by atoms with Crippen molar-refractivity contribution in [2.45, 2.75) is 26.0 Å². The van der Waals surface area contributed by atoms with Crippen LogP contribution in [0.2, 0.25) is 0 Å². The van der Waals surface area contributed by atoms with Crippen molar-refractivity contribution in [1.29, 1.82) is 0 Å². The Labute approximate surface area is 168 Å². The zero-order valence-electron chi connectivity index (χ0n) is 16.3. The molecular weight excluding hydrogens is 370 g/mol. The van der Waals surface area contributed by atoms with E-state index in [0.29, 0.717) is 42.2 Å². The van der Waals surface area contributed by atoms with Crippen LogP contribution < -0.4 is 15.0 Å². The Morgan fingerprint density at radius 2 is 1.93 bits per heavy atom. The summed E-state index contributed by atoms with van der Waals surface area (Å²) in [5.74, 6) is 1.27. The number of benzene rings is 2. The van der Waals surface area contributed by atoms with E-state index >= 15 is 0 Å². The van der Waals surface area contributed by atoms with Crippen molar-refractivity contribution in [3.8, 4) is 11.5 Å². The number of hydrogen-bond donors (Lipinski definition) is 0. The van der Waals surface area contributed by atoms with E-state index in [9.17, 15) is 9.59 Å². The maximum atomic E-state index is 13.1. The molecule has 1 unspecified atom stereocenters. The van der Waals surface area contributed by atoms with Crippen molar-refractivity contribution >= 4 is 16.9 Å². The van der Waals surface area contributed by atoms with Gasteiger partial charge in [-0.15, -0.1) is 0 Å². The molecule has 150 valence electrons. The van der Waals surface area contributed by atoms with Crippen LogP contribution in [0.4, 0.5) is 0 Å². The second-order valence-corrected chi connectivity index (χ2v) is 7.01. The summed E-state index contributed by atoms with van der Waals surface area (Å²) in [6.07, 6.45) is 1.81. The van der Waals surface area contributed by atoms with Crippen molar-refractivity contribution in [3.05, 3.63) is 65.1 Å². The predicted octanol–water partition coefficient (Wildman–Crippen LogP) is 2.48. The van der Waals surface area contributed by atoms with Crippen LogP contribution in [0.3, 0.4) is 0 Å². The van der Waals surface area contributed by atoms with E-state index in [4.69, 9.17) is 9.47 Å². The van der Waals surface area contributed by atoms with Crippen molar-refractivity contribution in [2.24, 2.45) is 0 Å². The molecule has 29 heavy (non-hydrogen) atoms. The summed E-state index contributed by atoms with van der Waals surface area (Å²) < 4.78 is 13.2. The Kier molecular flexibility index (Phi) is 5.46. The van der Waals surface area contributed by atoms with Crippen LogP contribution in [-0.4, -0.2) is 46.2 Å². The molecule has 1 aliphatic heterocycles. The molecule has 2 heterocycles. The lowest BCUT2D eigenvalue weighted by Crippen LogP contribution is -2.45. The number of rotatable bonds is 6. The van der Waals surface area contributed by atoms with Gasteiger partial charge in [-0.2, -0.15) is 0 Å². The third-order valence-electron chi connectivity index (χ3n) is 4.88. The number of aromatic nitrogens is 2. The molecule has 7 heteroatoms. The molecule has 1 atom stereocenters. The van der Waals surface area contributed by atoms with E-state index < -0.39 is 0 Å². The molecule has 0 aliphatic carbocycles. The number of carbonyl (C=O) groups excluding carboxylic acids is 1. The van der Waals surface area contributed by atoms with Crippen LogP contribution in [0.25, 0.3) is 11.0 Å². The van der Waals surface area contributed by atoms with Gasteiger partial charge in [0.1, 0.15) is 13.2 Å². The van der Waals surface area contributed by atoms with Crippen molar-refractivity contribution in [3.63, 3.8) is 0 Å². The maximum absolute atomic E-state index is 13.1. The molecular formula is C22H23N3O4. The van der Waals surface area contributed by atoms with Gasteiger partial charge in [-0.05, 0) is 30.7 Å². The summed E-state index contributed by atoms with van der Waals surface area (Å²) in [6.45, 7) is 3.34. The lowest BCUT2D eigenvalue weighted by atomic mass is 10.2. The predicted molar refractivity (Wildman–Crippen MR) is 109 cm³/mol. The Bertz CT molecular complexity index is 1080. The fraction of sp³-hybridized carbons (Fsp3) is 0.318. The van der Waals surface area contributed by atoms with Gasteiger partial charge < -0.3 is 14.4 Å². The fourth-order valence-electron chi connectivity index (χ4n) is 3.50. The van der Waals surface area contributed by atoms with Gasteiger partial charge in [-0.3, -0.25) is 14.2 Å². The van der Waals surface area contributed by atoms with Crippen molar-refractivity contribution in [1.82, 2.24) is 14.5 Å². The molecule has 0 fully saturated rings. The monoisotopic (exact) mass is 393 g/mol. The first-order valence-corrected chi connectivity index (χ1v) is 9.76. The second kappa shape index (κ2) is 8.34. The smallest absolute Gasteiger partial charge is 0.269 e. The number of ether oxygens (including phenoxy) is 2. The lowest BCUT2D eigenvalue weighted by Gasteiger charge is -2.31. The van der Waals surface area contributed by atoms with E-state index in [1.165, 1.54) is 10.8 Å². The quantitative estimate of drug-likeness (QED) is 0.643. The van der Waals surface area contributed by atoms with Gasteiger partial charge in [-0.1, -0.05) is 31.2 Å². The van der Waals surface area contributed by atoms with E-state index in [-0.39, 0.29) is 24.1 Å². The Hall–Kier alpha value is -3.35. The summed E-state index contributed by atoms with van der Waals surface area (Å²) in [4.78, 5) is 31.3. The molecule has 0 saturated heterocycles. The second-order valence-electron chi connectivity index (χ2n) is 7.01. The molecule has 0 saturated carbocycles. The van der Waals surface area contributed by atoms with Gasteiger partial charge in [0.25, 0.3) is 5.56 Å². The summed E-state index contributed by atoms with van der Waals surface area (Å²) in [7, 11) is 0. The molecule has 3 aromatic rings. The van der Waals surface area contributed by atoms with Gasteiger partial charge in [0.15, 0.2) is 17.6 Å². The molecule has 0 bridgehead atoms. The Morgan fingerprint density at radius 1 is 1.17 bits per heavy atom. The summed E-state index contributed by atoms with van der Waals surface area (Å²) in [5.41, 5.74) is 1.04. The van der Waals surface area contributed by atoms with Crippen LogP contribution in [-0.2, 0) is 11.3 Å². The number of carbonyl (C=O) groups is 1. The molecule has 4 rings (SSSR count). The lowest BCUT2D eigenvalue weighted by molar-refractivity contribution is -0.133. The standard InChI is InChI=1S/C22H23N3O4/c1-2-11-24(13-16-15-28-19-9-5-6-10-20(19)29-16)22(27)14-25-18-8-4-3-7-17(18)23-12-21(25)26/h3-10,12,16H,2,11,13-15H2,1H3. The minimum absolute atomic E-state index is 0.0357. The Balaban J connectivity index is 1.52. The largest absolute Gasteiger partial charge is 0.486 e. The van der Waals surface area contributed by atoms with Crippen molar-refractivity contribution < 1.29 is 14.3 Å². The highest BCUT2D eigenvalue weighted by Gasteiger charge is 2.25. The summed E-state index contributed by atoms with van der Waals surface area (Å²) in [5, 5.41) is 0. The zero-order valence-corrected chi connectivity index (χ0v) is 16.3. The normalized spacial score (nSPS) is 15.3. The first kappa shape index (κ1) is 19.0. The van der Waals surface area contributed by atoms with Crippen molar-refractivity contribution in [2.75, 3.05) is 19.7 Å². The number of fused-ring (bicyclic) bond motifs is 2. The molecule has 1 aliphatic rings.